The molecule has 84 valence electrons. The van der Waals surface area contributed by atoms with E-state index in [9.17, 15) is 0 Å². The highest BCUT2D eigenvalue weighted by molar-refractivity contribution is 4.95. The van der Waals surface area contributed by atoms with Crippen molar-refractivity contribution in [3.8, 4) is 0 Å². The predicted molar refractivity (Wildman–Crippen MR) is 54.1 cm³/mol. The van der Waals surface area contributed by atoms with Crippen molar-refractivity contribution in [1.82, 2.24) is 10.1 Å². The third-order valence-corrected chi connectivity index (χ3v) is 2.72. The van der Waals surface area contributed by atoms with Gasteiger partial charge in [-0.2, -0.15) is 4.98 Å². The highest BCUT2D eigenvalue weighted by Gasteiger charge is 2.32. The van der Waals surface area contributed by atoms with Crippen LogP contribution < -0.4 is 5.73 Å². The van der Waals surface area contributed by atoms with Crippen molar-refractivity contribution in [2.24, 2.45) is 11.7 Å². The first-order valence-corrected chi connectivity index (χ1v) is 5.49. The van der Waals surface area contributed by atoms with E-state index in [2.05, 4.69) is 17.1 Å². The fraction of sp³-hybridized carbons (Fsp3) is 0.800. The lowest BCUT2D eigenvalue weighted by atomic mass is 10.0. The minimum Gasteiger partial charge on any atom is -0.368 e. The van der Waals surface area contributed by atoms with Crippen LogP contribution in [0.3, 0.4) is 0 Å². The van der Waals surface area contributed by atoms with Crippen LogP contribution in [0.5, 0.6) is 0 Å². The molecule has 1 aliphatic heterocycles. The standard InChI is InChI=1S/C10H17N3O2/c1-2-3-8-12-10(15-13-8)9-7(6-11)4-5-14-9/h7,9H,2-6,11H2,1H3. The molecule has 0 saturated carbocycles. The van der Waals surface area contributed by atoms with E-state index in [-0.39, 0.29) is 6.10 Å². The van der Waals surface area contributed by atoms with Gasteiger partial charge in [0.05, 0.1) is 0 Å². The van der Waals surface area contributed by atoms with E-state index < -0.39 is 0 Å². The van der Waals surface area contributed by atoms with Crippen molar-refractivity contribution >= 4 is 0 Å². The van der Waals surface area contributed by atoms with E-state index in [0.29, 0.717) is 18.4 Å². The highest BCUT2D eigenvalue weighted by Crippen LogP contribution is 2.32. The third kappa shape index (κ3) is 2.18. The molecule has 1 fully saturated rings. The van der Waals surface area contributed by atoms with Gasteiger partial charge in [-0.05, 0) is 19.4 Å². The number of nitrogens with zero attached hydrogens (tertiary/aromatic N) is 2. The predicted octanol–water partition coefficient (Wildman–Crippen LogP) is 1.06. The summed E-state index contributed by atoms with van der Waals surface area (Å²) in [5, 5.41) is 3.91. The van der Waals surface area contributed by atoms with Crippen LogP contribution >= 0.6 is 0 Å². The van der Waals surface area contributed by atoms with E-state index in [0.717, 1.165) is 31.7 Å². The Bertz CT molecular complexity index is 313. The van der Waals surface area contributed by atoms with Crippen molar-refractivity contribution in [1.29, 1.82) is 0 Å². The maximum atomic E-state index is 5.66. The Hall–Kier alpha value is -0.940. The van der Waals surface area contributed by atoms with Gasteiger partial charge in [-0.1, -0.05) is 12.1 Å². The first kappa shape index (κ1) is 10.6. The van der Waals surface area contributed by atoms with Gasteiger partial charge < -0.3 is 15.0 Å². The van der Waals surface area contributed by atoms with E-state index in [1.807, 2.05) is 0 Å². The molecule has 15 heavy (non-hydrogen) atoms. The normalized spacial score (nSPS) is 26.0. The molecule has 1 aromatic heterocycles. The van der Waals surface area contributed by atoms with E-state index in [1.54, 1.807) is 0 Å². The highest BCUT2D eigenvalue weighted by atomic mass is 16.5. The second kappa shape index (κ2) is 4.72. The lowest BCUT2D eigenvalue weighted by Gasteiger charge is -2.11. The Morgan fingerprint density at radius 3 is 3.13 bits per heavy atom. The van der Waals surface area contributed by atoms with Crippen molar-refractivity contribution in [3.63, 3.8) is 0 Å². The summed E-state index contributed by atoms with van der Waals surface area (Å²) in [6.07, 6.45) is 2.76. The second-order valence-corrected chi connectivity index (χ2v) is 3.87. The van der Waals surface area contributed by atoms with Crippen LogP contribution in [0.2, 0.25) is 0 Å². The molecule has 1 aromatic rings. The van der Waals surface area contributed by atoms with Crippen LogP contribution in [0.1, 0.15) is 37.6 Å². The molecule has 2 unspecified atom stereocenters. The van der Waals surface area contributed by atoms with Gasteiger partial charge in [0.1, 0.15) is 6.10 Å². The molecule has 0 bridgehead atoms. The number of nitrogens with two attached hydrogens (primary N) is 1. The van der Waals surface area contributed by atoms with Crippen LogP contribution in [-0.2, 0) is 11.2 Å². The number of rotatable bonds is 4. The number of ether oxygens (including phenoxy) is 1. The van der Waals surface area contributed by atoms with Crippen LogP contribution in [0.25, 0.3) is 0 Å². The molecule has 0 aromatic carbocycles. The molecule has 5 nitrogen and oxygen atoms in total. The molecule has 0 spiro atoms. The van der Waals surface area contributed by atoms with Gasteiger partial charge in [0.25, 0.3) is 5.89 Å². The third-order valence-electron chi connectivity index (χ3n) is 2.72. The molecule has 2 atom stereocenters. The summed E-state index contributed by atoms with van der Waals surface area (Å²) in [5.74, 6) is 1.67. The molecule has 0 amide bonds. The van der Waals surface area contributed by atoms with Crippen molar-refractivity contribution in [2.45, 2.75) is 32.3 Å². The number of aryl methyl sites for hydroxylation is 1. The second-order valence-electron chi connectivity index (χ2n) is 3.87. The number of aromatic nitrogens is 2. The summed E-state index contributed by atoms with van der Waals surface area (Å²) in [6.45, 7) is 3.43. The Morgan fingerprint density at radius 2 is 2.40 bits per heavy atom. The van der Waals surface area contributed by atoms with Crippen LogP contribution in [0.4, 0.5) is 0 Å². The smallest absolute Gasteiger partial charge is 0.256 e. The fourth-order valence-corrected chi connectivity index (χ4v) is 1.86. The zero-order chi connectivity index (χ0) is 10.7. The van der Waals surface area contributed by atoms with Gasteiger partial charge in [-0.25, -0.2) is 0 Å². The van der Waals surface area contributed by atoms with Crippen LogP contribution in [0.15, 0.2) is 4.52 Å². The van der Waals surface area contributed by atoms with Gasteiger partial charge in [-0.3, -0.25) is 0 Å². The summed E-state index contributed by atoms with van der Waals surface area (Å²) < 4.78 is 10.7. The lowest BCUT2D eigenvalue weighted by molar-refractivity contribution is 0.0642. The first-order valence-electron chi connectivity index (χ1n) is 5.49. The van der Waals surface area contributed by atoms with E-state index in [4.69, 9.17) is 15.0 Å². The molecule has 1 aliphatic rings. The van der Waals surface area contributed by atoms with E-state index >= 15 is 0 Å². The van der Waals surface area contributed by atoms with Crippen LogP contribution in [-0.4, -0.2) is 23.3 Å². The molecule has 1 saturated heterocycles. The molecule has 2 rings (SSSR count). The van der Waals surface area contributed by atoms with Crippen LogP contribution in [0, 0.1) is 5.92 Å². The van der Waals surface area contributed by atoms with Gasteiger partial charge in [0, 0.05) is 18.9 Å². The average molecular weight is 211 g/mol. The summed E-state index contributed by atoms with van der Waals surface area (Å²) >= 11 is 0. The quantitative estimate of drug-likeness (QED) is 0.806. The SMILES string of the molecule is CCCc1noc(C2OCCC2CN)n1. The van der Waals surface area contributed by atoms with E-state index in [1.165, 1.54) is 0 Å². The van der Waals surface area contributed by atoms with Crippen molar-refractivity contribution in [3.05, 3.63) is 11.7 Å². The lowest BCUT2D eigenvalue weighted by Crippen LogP contribution is -2.18. The molecular formula is C10H17N3O2. The summed E-state index contributed by atoms with van der Waals surface area (Å²) in [7, 11) is 0. The van der Waals surface area contributed by atoms with Gasteiger partial charge in [0.2, 0.25) is 0 Å². The summed E-state index contributed by atoms with van der Waals surface area (Å²) in [4.78, 5) is 4.32. The Balaban J connectivity index is 2.07. The molecule has 2 N–H and O–H groups in total. The molecule has 5 heteroatoms. The Labute approximate surface area is 89.0 Å². The Kier molecular flexibility index (Phi) is 3.33. The summed E-state index contributed by atoms with van der Waals surface area (Å²) in [5.41, 5.74) is 5.66. The average Bonchev–Trinajstić information content (AvgIpc) is 2.84. The zero-order valence-electron chi connectivity index (χ0n) is 8.98. The number of hydrogen-bond acceptors (Lipinski definition) is 5. The van der Waals surface area contributed by atoms with Crippen molar-refractivity contribution < 1.29 is 9.26 Å². The number of hydrogen-bond donors (Lipinski definition) is 1. The maximum Gasteiger partial charge on any atom is 0.256 e. The molecule has 2 heterocycles. The first-order chi connectivity index (χ1) is 7.35. The van der Waals surface area contributed by atoms with Crippen molar-refractivity contribution in [2.75, 3.05) is 13.2 Å². The zero-order valence-corrected chi connectivity index (χ0v) is 8.98. The molecule has 0 radical (unpaired) electrons. The molecular weight excluding hydrogens is 194 g/mol. The van der Waals surface area contributed by atoms with Gasteiger partial charge in [0.15, 0.2) is 5.82 Å². The summed E-state index contributed by atoms with van der Waals surface area (Å²) in [6, 6.07) is 0. The monoisotopic (exact) mass is 211 g/mol. The molecule has 0 aliphatic carbocycles. The Morgan fingerprint density at radius 1 is 1.53 bits per heavy atom. The van der Waals surface area contributed by atoms with Gasteiger partial charge in [-0.15, -0.1) is 0 Å². The maximum absolute atomic E-state index is 5.66. The topological polar surface area (TPSA) is 74.2 Å². The largest absolute Gasteiger partial charge is 0.368 e. The minimum atomic E-state index is -0.0897. The fourth-order valence-electron chi connectivity index (χ4n) is 1.86. The van der Waals surface area contributed by atoms with Gasteiger partial charge >= 0.3 is 0 Å². The minimum absolute atomic E-state index is 0.0897.